The molecule has 0 aliphatic rings. The van der Waals surface area contributed by atoms with Crippen molar-refractivity contribution in [2.45, 2.75) is 29.8 Å². The van der Waals surface area contributed by atoms with E-state index in [-0.39, 0.29) is 0 Å². The summed E-state index contributed by atoms with van der Waals surface area (Å²) in [5, 5.41) is -5.83. The van der Waals surface area contributed by atoms with Gasteiger partial charge in [0.2, 0.25) is 5.52 Å². The molecule has 1 aromatic heterocycles. The van der Waals surface area contributed by atoms with E-state index in [0.717, 1.165) is 6.54 Å². The molecule has 3 aromatic rings. The second-order valence-corrected chi connectivity index (χ2v) is 8.22. The summed E-state index contributed by atoms with van der Waals surface area (Å²) in [5.74, 6) is -14.8. The number of halogens is 9. The Morgan fingerprint density at radius 2 is 1.21 bits per heavy atom. The van der Waals surface area contributed by atoms with Crippen LogP contribution in [-0.4, -0.2) is 36.2 Å². The van der Waals surface area contributed by atoms with Gasteiger partial charge in [-0.2, -0.15) is 44.1 Å². The average Bonchev–Trinajstić information content (AvgIpc) is 2.73. The summed E-state index contributed by atoms with van der Waals surface area (Å²) in [5.41, 5.74) is 2.60. The Morgan fingerprint density at radius 3 is 1.74 bits per heavy atom. The van der Waals surface area contributed by atoms with Gasteiger partial charge in [0, 0.05) is 23.1 Å². The number of aromatic nitrogens is 1. The van der Waals surface area contributed by atoms with Gasteiger partial charge in [-0.25, -0.2) is 8.42 Å². The molecule has 186 valence electrons. The average molecular weight is 519 g/mol. The highest BCUT2D eigenvalue weighted by atomic mass is 32.2. The molecule has 2 aromatic carbocycles. The third-order valence-corrected chi connectivity index (χ3v) is 5.30. The lowest BCUT2D eigenvalue weighted by atomic mass is 10.1. The molecule has 0 saturated heterocycles. The van der Waals surface area contributed by atoms with Gasteiger partial charge in [0.1, 0.15) is 0 Å². The van der Waals surface area contributed by atoms with Crippen molar-refractivity contribution in [2.75, 3.05) is 0 Å². The van der Waals surface area contributed by atoms with Gasteiger partial charge in [0.25, 0.3) is 0 Å². The molecule has 0 unspecified atom stereocenters. The second-order valence-electron chi connectivity index (χ2n) is 6.80. The molecule has 0 amide bonds. The summed E-state index contributed by atoms with van der Waals surface area (Å²) < 4.78 is 138. The smallest absolute Gasteiger partial charge is 0.460 e. The Hall–Kier alpha value is -2.87. The monoisotopic (exact) mass is 519 g/mol. The molecule has 0 aliphatic heterocycles. The molecule has 0 spiro atoms. The van der Waals surface area contributed by atoms with Crippen molar-refractivity contribution in [3.8, 4) is 0 Å². The van der Waals surface area contributed by atoms with E-state index < -0.39 is 33.4 Å². The Balaban J connectivity index is 0.000000240. The van der Waals surface area contributed by atoms with Crippen molar-refractivity contribution in [2.24, 2.45) is 0 Å². The lowest BCUT2D eigenvalue weighted by Crippen LogP contribution is -2.63. The number of nitrogens with zero attached hydrogens (tertiary/aromatic N) is 1. The maximum atomic E-state index is 12.2. The molecule has 0 N–H and O–H groups in total. The first-order valence-electron chi connectivity index (χ1n) is 9.00. The van der Waals surface area contributed by atoms with Gasteiger partial charge < -0.3 is 4.55 Å². The molecule has 34 heavy (non-hydrogen) atoms. The second kappa shape index (κ2) is 9.41. The molecule has 0 radical (unpaired) electrons. The topological polar surface area (TPSA) is 61.1 Å². The van der Waals surface area contributed by atoms with Crippen molar-refractivity contribution in [3.05, 3.63) is 78.5 Å². The summed E-state index contributed by atoms with van der Waals surface area (Å²) in [6.07, 6.45) is -5.03. The van der Waals surface area contributed by atoms with E-state index in [1.54, 1.807) is 0 Å². The van der Waals surface area contributed by atoms with Gasteiger partial charge in [-0.15, -0.1) is 0 Å². The maximum Gasteiger partial charge on any atom is 0.460 e. The molecule has 4 nitrogen and oxygen atoms in total. The van der Waals surface area contributed by atoms with E-state index in [1.807, 2.05) is 0 Å². The predicted molar refractivity (Wildman–Crippen MR) is 100 cm³/mol. The summed E-state index contributed by atoms with van der Waals surface area (Å²) in [6.45, 7) is 0.919. The van der Waals surface area contributed by atoms with Gasteiger partial charge in [0.15, 0.2) is 22.9 Å². The Bertz CT molecular complexity index is 1230. The molecule has 0 saturated carbocycles. The number of fused-ring (bicyclic) bond motifs is 1. The number of hydrogen-bond acceptors (Lipinski definition) is 3. The van der Waals surface area contributed by atoms with Crippen molar-refractivity contribution in [1.29, 1.82) is 0 Å². The fourth-order valence-electron chi connectivity index (χ4n) is 2.66. The van der Waals surface area contributed by atoms with Gasteiger partial charge in [-0.1, -0.05) is 42.5 Å². The predicted octanol–water partition coefficient (Wildman–Crippen LogP) is 5.13. The van der Waals surface area contributed by atoms with Gasteiger partial charge in [-0.05, 0) is 12.1 Å². The summed E-state index contributed by atoms with van der Waals surface area (Å²) >= 11 is 0. The highest BCUT2D eigenvalue weighted by molar-refractivity contribution is 7.86. The molecule has 0 aliphatic carbocycles. The number of hydrogen-bond donors (Lipinski definition) is 0. The Labute approximate surface area is 187 Å². The van der Waals surface area contributed by atoms with E-state index in [2.05, 4.69) is 77.5 Å². The van der Waals surface area contributed by atoms with E-state index in [4.69, 9.17) is 0 Å². The van der Waals surface area contributed by atoms with Gasteiger partial charge >= 0.3 is 23.3 Å². The van der Waals surface area contributed by atoms with Crippen LogP contribution in [0, 0.1) is 0 Å². The minimum Gasteiger partial charge on any atom is -0.743 e. The molecule has 1 heterocycles. The summed E-state index contributed by atoms with van der Waals surface area (Å²) in [7, 11) is -7.42. The Kier molecular flexibility index (Phi) is 7.57. The highest BCUT2D eigenvalue weighted by Crippen LogP contribution is 2.54. The van der Waals surface area contributed by atoms with Crippen molar-refractivity contribution >= 4 is 21.0 Å². The van der Waals surface area contributed by atoms with Crippen molar-refractivity contribution < 1.29 is 57.1 Å². The normalized spacial score (nSPS) is 13.4. The van der Waals surface area contributed by atoms with Crippen LogP contribution < -0.4 is 4.57 Å². The summed E-state index contributed by atoms with van der Waals surface area (Å²) in [4.78, 5) is 0. The molecule has 0 bridgehead atoms. The lowest BCUT2D eigenvalue weighted by Gasteiger charge is -2.34. The van der Waals surface area contributed by atoms with Crippen LogP contribution in [0.5, 0.6) is 0 Å². The van der Waals surface area contributed by atoms with Crippen molar-refractivity contribution in [3.63, 3.8) is 0 Å². The number of benzene rings is 2. The van der Waals surface area contributed by atoms with Crippen LogP contribution in [0.4, 0.5) is 39.5 Å². The standard InChI is InChI=1S/C16H14N.C4HF9O3S/c1-2-7-14(8-3-1)13-17-12-6-10-15-9-4-5-11-16(15)17;5-1(6,3(9,10)11)2(7,8)4(12,13)17(14,15)16/h1-12H,13H2;(H,14,15,16)/q+1;/p-1. The van der Waals surface area contributed by atoms with Crippen LogP contribution in [0.1, 0.15) is 5.56 Å². The molecule has 0 atom stereocenters. The van der Waals surface area contributed by atoms with Crippen LogP contribution in [0.15, 0.2) is 72.9 Å². The third kappa shape index (κ3) is 5.27. The number of pyridine rings is 1. The minimum atomic E-state index is -7.43. The highest BCUT2D eigenvalue weighted by Gasteiger charge is 2.83. The van der Waals surface area contributed by atoms with Gasteiger partial charge in [0.05, 0.1) is 0 Å². The summed E-state index contributed by atoms with van der Waals surface area (Å²) in [6, 6.07) is 23.3. The van der Waals surface area contributed by atoms with E-state index >= 15 is 0 Å². The maximum absolute atomic E-state index is 12.2. The zero-order valence-electron chi connectivity index (χ0n) is 16.6. The van der Waals surface area contributed by atoms with E-state index in [1.165, 1.54) is 16.5 Å². The first-order chi connectivity index (χ1) is 15.4. The lowest BCUT2D eigenvalue weighted by molar-refractivity contribution is -0.662. The molecular formula is C20H14F9NO3S. The SMILES string of the molecule is O=S(=O)([O-])C(F)(F)C(F)(F)C(F)(F)C(F)(F)F.c1ccc(C[n+]2cccc3ccccc32)cc1. The largest absolute Gasteiger partial charge is 0.743 e. The Morgan fingerprint density at radius 1 is 0.706 bits per heavy atom. The molecule has 3 rings (SSSR count). The van der Waals surface area contributed by atoms with Crippen LogP contribution in [0.25, 0.3) is 10.9 Å². The first kappa shape index (κ1) is 27.4. The first-order valence-corrected chi connectivity index (χ1v) is 10.4. The zero-order valence-corrected chi connectivity index (χ0v) is 17.4. The minimum absolute atomic E-state index is 0.919. The number of rotatable bonds is 5. The fraction of sp³-hybridized carbons (Fsp3) is 0.250. The molecule has 0 fully saturated rings. The van der Waals surface area contributed by atoms with Crippen molar-refractivity contribution in [1.82, 2.24) is 0 Å². The van der Waals surface area contributed by atoms with Gasteiger partial charge in [-0.3, -0.25) is 0 Å². The molecular weight excluding hydrogens is 505 g/mol. The zero-order chi connectivity index (χ0) is 26.0. The fourth-order valence-corrected chi connectivity index (χ4v) is 3.10. The third-order valence-electron chi connectivity index (χ3n) is 4.41. The van der Waals surface area contributed by atoms with Crippen LogP contribution >= 0.6 is 0 Å². The molecule has 14 heteroatoms. The van der Waals surface area contributed by atoms with E-state index in [9.17, 15) is 52.5 Å². The van der Waals surface area contributed by atoms with Crippen LogP contribution in [-0.2, 0) is 16.7 Å². The van der Waals surface area contributed by atoms with Crippen LogP contribution in [0.2, 0.25) is 0 Å². The quantitative estimate of drug-likeness (QED) is 0.267. The van der Waals surface area contributed by atoms with E-state index in [0.29, 0.717) is 0 Å². The number of alkyl halides is 9. The van der Waals surface area contributed by atoms with Crippen LogP contribution in [0.3, 0.4) is 0 Å². The number of para-hydroxylation sites is 1.